The highest BCUT2D eigenvalue weighted by atomic mass is 35.5. The van der Waals surface area contributed by atoms with Crippen LogP contribution in [0, 0.1) is 5.92 Å². The van der Waals surface area contributed by atoms with Gasteiger partial charge in [0.15, 0.2) is 0 Å². The van der Waals surface area contributed by atoms with Gasteiger partial charge in [-0.1, -0.05) is 30.9 Å². The number of sulfonamides is 1. The van der Waals surface area contributed by atoms with Gasteiger partial charge in [-0.15, -0.1) is 11.6 Å². The predicted molar refractivity (Wildman–Crippen MR) is 72.0 cm³/mol. The van der Waals surface area contributed by atoms with Gasteiger partial charge in [0.05, 0.1) is 11.5 Å². The summed E-state index contributed by atoms with van der Waals surface area (Å²) in [5.74, 6) is 0.778. The molecule has 0 bridgehead atoms. The summed E-state index contributed by atoms with van der Waals surface area (Å²) in [5, 5.41) is 0. The molecule has 1 aromatic carbocycles. The van der Waals surface area contributed by atoms with Gasteiger partial charge in [0.25, 0.3) is 10.0 Å². The van der Waals surface area contributed by atoms with Crippen molar-refractivity contribution >= 4 is 21.6 Å². The largest absolute Gasteiger partial charge is 0.287 e. The number of halogens is 1. The van der Waals surface area contributed by atoms with Crippen LogP contribution >= 0.6 is 11.6 Å². The molecule has 0 atom stereocenters. The molecule has 0 radical (unpaired) electrons. The van der Waals surface area contributed by atoms with E-state index in [1.165, 1.54) is 0 Å². The van der Waals surface area contributed by atoms with E-state index in [1.54, 1.807) is 24.3 Å². The van der Waals surface area contributed by atoms with E-state index < -0.39 is 10.0 Å². The minimum atomic E-state index is -3.59. The third-order valence-corrected chi connectivity index (χ3v) is 3.62. The molecule has 0 aliphatic carbocycles. The zero-order valence-corrected chi connectivity index (χ0v) is 12.1. The van der Waals surface area contributed by atoms with Crippen LogP contribution in [0.25, 0.3) is 0 Å². The molecule has 102 valence electrons. The molecular formula is C12H18ClNO3S. The molecule has 0 saturated carbocycles. The van der Waals surface area contributed by atoms with Crippen LogP contribution in [0.15, 0.2) is 29.2 Å². The molecule has 0 amide bonds. The molecule has 18 heavy (non-hydrogen) atoms. The van der Waals surface area contributed by atoms with Gasteiger partial charge in [-0.3, -0.25) is 4.84 Å². The molecule has 1 rings (SSSR count). The van der Waals surface area contributed by atoms with Crippen molar-refractivity contribution in [3.05, 3.63) is 29.8 Å². The van der Waals surface area contributed by atoms with Crippen molar-refractivity contribution < 1.29 is 13.3 Å². The number of hydrogen-bond donors (Lipinski definition) is 1. The molecule has 4 nitrogen and oxygen atoms in total. The summed E-state index contributed by atoms with van der Waals surface area (Å²) in [6.45, 7) is 4.22. The molecule has 1 aromatic rings. The van der Waals surface area contributed by atoms with Gasteiger partial charge in [0, 0.05) is 5.88 Å². The van der Waals surface area contributed by atoms with Crippen molar-refractivity contribution in [2.75, 3.05) is 12.5 Å². The second-order valence-electron chi connectivity index (χ2n) is 4.37. The molecule has 0 aromatic heterocycles. The van der Waals surface area contributed by atoms with Crippen molar-refractivity contribution in [3.63, 3.8) is 0 Å². The van der Waals surface area contributed by atoms with Crippen molar-refractivity contribution in [1.29, 1.82) is 0 Å². The van der Waals surface area contributed by atoms with E-state index in [9.17, 15) is 8.42 Å². The molecule has 6 heteroatoms. The summed E-state index contributed by atoms with van der Waals surface area (Å²) in [7, 11) is -3.59. The van der Waals surface area contributed by atoms with E-state index in [2.05, 4.69) is 4.89 Å². The van der Waals surface area contributed by atoms with E-state index in [1.807, 2.05) is 13.8 Å². The summed E-state index contributed by atoms with van der Waals surface area (Å²) in [6, 6.07) is 6.59. The van der Waals surface area contributed by atoms with Gasteiger partial charge in [0.2, 0.25) is 0 Å². The number of rotatable bonds is 7. The lowest BCUT2D eigenvalue weighted by atomic mass is 10.2. The first kappa shape index (κ1) is 15.4. The van der Waals surface area contributed by atoms with Crippen LogP contribution in [0.1, 0.15) is 19.4 Å². The average Bonchev–Trinajstić information content (AvgIpc) is 2.29. The molecule has 0 aliphatic heterocycles. The Morgan fingerprint density at radius 1 is 1.28 bits per heavy atom. The molecule has 0 fully saturated rings. The minimum Gasteiger partial charge on any atom is -0.287 e. The maximum atomic E-state index is 11.8. The Morgan fingerprint density at radius 3 is 2.39 bits per heavy atom. The highest BCUT2D eigenvalue weighted by Crippen LogP contribution is 2.11. The second-order valence-corrected chi connectivity index (χ2v) is 6.40. The standard InChI is InChI=1S/C12H18ClNO3S/c1-10(2)9-17-14-18(15,16)12-5-3-11(4-6-12)7-8-13/h3-6,10,14H,7-9H2,1-2H3. The molecule has 0 saturated heterocycles. The number of nitrogens with one attached hydrogen (secondary N) is 1. The molecular weight excluding hydrogens is 274 g/mol. The van der Waals surface area contributed by atoms with Crippen LogP contribution in [0.3, 0.4) is 0 Å². The van der Waals surface area contributed by atoms with Gasteiger partial charge in [-0.2, -0.15) is 0 Å². The van der Waals surface area contributed by atoms with Crippen molar-refractivity contribution in [3.8, 4) is 0 Å². The van der Waals surface area contributed by atoms with E-state index in [-0.39, 0.29) is 10.8 Å². The van der Waals surface area contributed by atoms with Gasteiger partial charge in [-0.05, 0) is 30.0 Å². The van der Waals surface area contributed by atoms with Gasteiger partial charge in [0.1, 0.15) is 0 Å². The number of hydrogen-bond acceptors (Lipinski definition) is 3. The topological polar surface area (TPSA) is 55.4 Å². The van der Waals surface area contributed by atoms with E-state index in [0.29, 0.717) is 12.5 Å². The smallest absolute Gasteiger partial charge is 0.262 e. The first-order valence-electron chi connectivity index (χ1n) is 5.74. The summed E-state index contributed by atoms with van der Waals surface area (Å²) >= 11 is 5.61. The maximum Gasteiger partial charge on any atom is 0.262 e. The highest BCUT2D eigenvalue weighted by Gasteiger charge is 2.13. The number of aryl methyl sites for hydroxylation is 1. The summed E-state index contributed by atoms with van der Waals surface area (Å²) in [5.41, 5.74) is 1.01. The minimum absolute atomic E-state index is 0.185. The molecule has 1 N–H and O–H groups in total. The number of alkyl halides is 1. The van der Waals surface area contributed by atoms with E-state index in [0.717, 1.165) is 12.0 Å². The summed E-state index contributed by atoms with van der Waals surface area (Å²) < 4.78 is 23.6. The zero-order valence-electron chi connectivity index (χ0n) is 10.5. The fourth-order valence-corrected chi connectivity index (χ4v) is 2.30. The fraction of sp³-hybridized carbons (Fsp3) is 0.500. The van der Waals surface area contributed by atoms with Crippen LogP contribution in [0.4, 0.5) is 0 Å². The van der Waals surface area contributed by atoms with Crippen molar-refractivity contribution in [2.24, 2.45) is 5.92 Å². The first-order chi connectivity index (χ1) is 8.45. The van der Waals surface area contributed by atoms with Gasteiger partial charge >= 0.3 is 0 Å². The van der Waals surface area contributed by atoms with Crippen molar-refractivity contribution in [1.82, 2.24) is 4.89 Å². The third kappa shape index (κ3) is 4.94. The van der Waals surface area contributed by atoms with Crippen LogP contribution < -0.4 is 4.89 Å². The van der Waals surface area contributed by atoms with Crippen molar-refractivity contribution in [2.45, 2.75) is 25.2 Å². The Labute approximate surface area is 113 Å². The Bertz CT molecular complexity index is 457. The fourth-order valence-electron chi connectivity index (χ4n) is 1.27. The van der Waals surface area contributed by atoms with Gasteiger partial charge in [-0.25, -0.2) is 8.42 Å². The Kier molecular flexibility index (Phi) is 6.08. The third-order valence-electron chi connectivity index (χ3n) is 2.20. The molecule has 0 heterocycles. The quantitative estimate of drug-likeness (QED) is 0.620. The summed E-state index contributed by atoms with van der Waals surface area (Å²) in [6.07, 6.45) is 0.721. The SMILES string of the molecule is CC(C)CONS(=O)(=O)c1ccc(CCCl)cc1. The lowest BCUT2D eigenvalue weighted by Crippen LogP contribution is -2.25. The van der Waals surface area contributed by atoms with Gasteiger partial charge < -0.3 is 0 Å². The van der Waals surface area contributed by atoms with Crippen LogP contribution in [-0.2, 0) is 21.3 Å². The first-order valence-corrected chi connectivity index (χ1v) is 7.76. The number of benzene rings is 1. The second kappa shape index (κ2) is 7.09. The van der Waals surface area contributed by atoms with E-state index >= 15 is 0 Å². The monoisotopic (exact) mass is 291 g/mol. The average molecular weight is 292 g/mol. The van der Waals surface area contributed by atoms with Crippen LogP contribution in [0.2, 0.25) is 0 Å². The molecule has 0 spiro atoms. The molecule has 0 unspecified atom stereocenters. The van der Waals surface area contributed by atoms with Crippen LogP contribution in [0.5, 0.6) is 0 Å². The highest BCUT2D eigenvalue weighted by molar-refractivity contribution is 7.89. The Hall–Kier alpha value is -0.620. The lowest BCUT2D eigenvalue weighted by molar-refractivity contribution is 0.0719. The Balaban J connectivity index is 2.67. The maximum absolute atomic E-state index is 11.8. The zero-order chi connectivity index (χ0) is 13.6. The summed E-state index contributed by atoms with van der Waals surface area (Å²) in [4.78, 5) is 7.22. The predicted octanol–water partition coefficient (Wildman–Crippen LogP) is 2.33. The molecule has 0 aliphatic rings. The lowest BCUT2D eigenvalue weighted by Gasteiger charge is -2.09. The van der Waals surface area contributed by atoms with E-state index in [4.69, 9.17) is 16.4 Å². The Morgan fingerprint density at radius 2 is 1.89 bits per heavy atom. The van der Waals surface area contributed by atoms with Crippen LogP contribution in [-0.4, -0.2) is 20.9 Å². The normalized spacial score (nSPS) is 12.0.